The molecule has 78 valence electrons. The van der Waals surface area contributed by atoms with Gasteiger partial charge in [-0.25, -0.2) is 4.68 Å². The maximum absolute atomic E-state index is 11.3. The summed E-state index contributed by atoms with van der Waals surface area (Å²) >= 11 is 0. The second kappa shape index (κ2) is 6.12. The molecule has 0 bridgehead atoms. The molecule has 5 heteroatoms. The minimum Gasteiger partial charge on any atom is -0.273 e. The third-order valence-electron chi connectivity index (χ3n) is 1.93. The van der Waals surface area contributed by atoms with Gasteiger partial charge in [-0.2, -0.15) is 0 Å². The third kappa shape index (κ3) is 4.02. The van der Waals surface area contributed by atoms with Crippen LogP contribution in [-0.2, 0) is 4.79 Å². The van der Waals surface area contributed by atoms with Crippen LogP contribution in [0, 0.1) is 0 Å². The maximum Gasteiger partial charge on any atom is 0.238 e. The molecule has 1 aromatic heterocycles. The first-order chi connectivity index (χ1) is 6.83. The Morgan fingerprint density at radius 1 is 1.29 bits per heavy atom. The summed E-state index contributed by atoms with van der Waals surface area (Å²) in [5.74, 6) is 0.0147. The first-order valence-electron chi connectivity index (χ1n) is 4.97. The summed E-state index contributed by atoms with van der Waals surface area (Å²) in [6.07, 6.45) is 7.94. The van der Waals surface area contributed by atoms with Crippen molar-refractivity contribution in [1.82, 2.24) is 14.9 Å². The molecule has 0 aliphatic carbocycles. The molecule has 1 N–H and O–H groups in total. The lowest BCUT2D eigenvalue weighted by atomic mass is 10.1. The molecule has 0 aromatic carbocycles. The summed E-state index contributed by atoms with van der Waals surface area (Å²) in [7, 11) is 0. The third-order valence-corrected chi connectivity index (χ3v) is 1.93. The van der Waals surface area contributed by atoms with Crippen molar-refractivity contribution in [2.75, 3.05) is 5.43 Å². The van der Waals surface area contributed by atoms with Crippen molar-refractivity contribution in [1.29, 1.82) is 0 Å². The molecule has 0 atom stereocenters. The molecule has 0 spiro atoms. The Morgan fingerprint density at radius 2 is 2.00 bits per heavy atom. The van der Waals surface area contributed by atoms with E-state index in [0.29, 0.717) is 6.42 Å². The fourth-order valence-electron chi connectivity index (χ4n) is 1.17. The van der Waals surface area contributed by atoms with E-state index in [0.717, 1.165) is 12.8 Å². The number of hydrogen-bond acceptors (Lipinski definition) is 3. The Bertz CT molecular complexity index is 258. The van der Waals surface area contributed by atoms with Gasteiger partial charge >= 0.3 is 0 Å². The summed E-state index contributed by atoms with van der Waals surface area (Å²) in [5.41, 5.74) is 2.65. The topological polar surface area (TPSA) is 59.8 Å². The Kier molecular flexibility index (Phi) is 4.68. The van der Waals surface area contributed by atoms with Gasteiger partial charge in [-0.3, -0.25) is 10.2 Å². The smallest absolute Gasteiger partial charge is 0.238 e. The number of nitrogens with one attached hydrogen (secondary N) is 1. The first kappa shape index (κ1) is 10.7. The largest absolute Gasteiger partial charge is 0.273 e. The van der Waals surface area contributed by atoms with Gasteiger partial charge in [0, 0.05) is 6.42 Å². The minimum absolute atomic E-state index is 0.0147. The Labute approximate surface area is 83.5 Å². The van der Waals surface area contributed by atoms with Gasteiger partial charge in [-0.15, -0.1) is 10.2 Å². The van der Waals surface area contributed by atoms with Crippen molar-refractivity contribution >= 4 is 5.91 Å². The zero-order valence-electron chi connectivity index (χ0n) is 8.44. The molecule has 0 saturated heterocycles. The molecule has 0 fully saturated rings. The lowest BCUT2D eigenvalue weighted by Crippen LogP contribution is -2.20. The number of hydrogen-bond donors (Lipinski definition) is 1. The average Bonchev–Trinajstić information content (AvgIpc) is 2.65. The van der Waals surface area contributed by atoms with Crippen molar-refractivity contribution < 1.29 is 4.79 Å². The number of amides is 1. The lowest BCUT2D eigenvalue weighted by molar-refractivity contribution is -0.117. The average molecular weight is 196 g/mol. The van der Waals surface area contributed by atoms with Gasteiger partial charge in [0.15, 0.2) is 0 Å². The molecule has 0 radical (unpaired) electrons. The van der Waals surface area contributed by atoms with Gasteiger partial charge < -0.3 is 0 Å². The second-order valence-electron chi connectivity index (χ2n) is 3.21. The van der Waals surface area contributed by atoms with Crippen molar-refractivity contribution in [2.24, 2.45) is 0 Å². The van der Waals surface area contributed by atoms with E-state index in [1.807, 2.05) is 0 Å². The molecule has 0 aliphatic rings. The van der Waals surface area contributed by atoms with Crippen LogP contribution in [0.5, 0.6) is 0 Å². The van der Waals surface area contributed by atoms with E-state index >= 15 is 0 Å². The predicted molar refractivity (Wildman–Crippen MR) is 53.1 cm³/mol. The van der Waals surface area contributed by atoms with Gasteiger partial charge in [-0.1, -0.05) is 26.2 Å². The van der Waals surface area contributed by atoms with Gasteiger partial charge in [0.2, 0.25) is 5.91 Å². The van der Waals surface area contributed by atoms with E-state index in [4.69, 9.17) is 0 Å². The monoisotopic (exact) mass is 196 g/mol. The Morgan fingerprint density at radius 3 is 2.64 bits per heavy atom. The predicted octanol–water partition coefficient (Wildman–Crippen LogP) is 1.32. The number of aromatic nitrogens is 3. The highest BCUT2D eigenvalue weighted by atomic mass is 16.2. The number of carbonyl (C=O) groups is 1. The molecule has 1 heterocycles. The summed E-state index contributed by atoms with van der Waals surface area (Å²) in [6.45, 7) is 2.15. The van der Waals surface area contributed by atoms with E-state index in [2.05, 4.69) is 22.5 Å². The Hall–Kier alpha value is -1.39. The fourth-order valence-corrected chi connectivity index (χ4v) is 1.17. The molecule has 0 saturated carbocycles. The van der Waals surface area contributed by atoms with Crippen LogP contribution in [0.25, 0.3) is 0 Å². The van der Waals surface area contributed by atoms with Crippen LogP contribution in [0.15, 0.2) is 12.7 Å². The van der Waals surface area contributed by atoms with Gasteiger partial charge in [-0.05, 0) is 6.42 Å². The van der Waals surface area contributed by atoms with Crippen LogP contribution in [0.2, 0.25) is 0 Å². The van der Waals surface area contributed by atoms with E-state index in [-0.39, 0.29) is 5.91 Å². The molecule has 1 amide bonds. The lowest BCUT2D eigenvalue weighted by Gasteiger charge is -2.03. The standard InChI is InChI=1S/C9H16N4O/c1-2-3-4-5-6-9(14)12-13-7-10-11-8-13/h7-8H,2-6H2,1H3,(H,12,14). The summed E-state index contributed by atoms with van der Waals surface area (Å²) in [6, 6.07) is 0. The number of rotatable bonds is 6. The quantitative estimate of drug-likeness (QED) is 0.698. The molecule has 0 unspecified atom stereocenters. The van der Waals surface area contributed by atoms with Crippen molar-refractivity contribution in [3.8, 4) is 0 Å². The molecule has 1 rings (SSSR count). The highest BCUT2D eigenvalue weighted by molar-refractivity contribution is 5.83. The molecule has 5 nitrogen and oxygen atoms in total. The van der Waals surface area contributed by atoms with Crippen LogP contribution in [0.4, 0.5) is 0 Å². The van der Waals surface area contributed by atoms with E-state index in [1.54, 1.807) is 0 Å². The van der Waals surface area contributed by atoms with Crippen LogP contribution in [-0.4, -0.2) is 20.8 Å². The van der Waals surface area contributed by atoms with Crippen LogP contribution in [0.1, 0.15) is 39.0 Å². The Balaban J connectivity index is 2.11. The van der Waals surface area contributed by atoms with Gasteiger partial charge in [0.05, 0.1) is 0 Å². The van der Waals surface area contributed by atoms with Crippen molar-refractivity contribution in [3.63, 3.8) is 0 Å². The van der Waals surface area contributed by atoms with Gasteiger partial charge in [0.25, 0.3) is 0 Å². The molecular formula is C9H16N4O. The van der Waals surface area contributed by atoms with E-state index in [9.17, 15) is 4.79 Å². The molecule has 14 heavy (non-hydrogen) atoms. The molecule has 0 aliphatic heterocycles. The highest BCUT2D eigenvalue weighted by Gasteiger charge is 2.00. The zero-order valence-corrected chi connectivity index (χ0v) is 8.44. The summed E-state index contributed by atoms with van der Waals surface area (Å²) in [5, 5.41) is 7.17. The van der Waals surface area contributed by atoms with Crippen molar-refractivity contribution in [3.05, 3.63) is 12.7 Å². The van der Waals surface area contributed by atoms with Crippen LogP contribution >= 0.6 is 0 Å². The van der Waals surface area contributed by atoms with Crippen LogP contribution in [0.3, 0.4) is 0 Å². The van der Waals surface area contributed by atoms with E-state index in [1.165, 1.54) is 30.2 Å². The minimum atomic E-state index is 0.0147. The molecular weight excluding hydrogens is 180 g/mol. The SMILES string of the molecule is CCCCCCC(=O)Nn1cnnc1. The normalized spacial score (nSPS) is 10.1. The summed E-state index contributed by atoms with van der Waals surface area (Å²) in [4.78, 5) is 11.3. The molecule has 1 aromatic rings. The maximum atomic E-state index is 11.3. The summed E-state index contributed by atoms with van der Waals surface area (Å²) < 4.78 is 1.46. The first-order valence-corrected chi connectivity index (χ1v) is 4.97. The second-order valence-corrected chi connectivity index (χ2v) is 3.21. The van der Waals surface area contributed by atoms with Crippen LogP contribution < -0.4 is 5.43 Å². The number of nitrogens with zero attached hydrogens (tertiary/aromatic N) is 3. The zero-order chi connectivity index (χ0) is 10.2. The fraction of sp³-hybridized carbons (Fsp3) is 0.667. The highest BCUT2D eigenvalue weighted by Crippen LogP contribution is 2.02. The van der Waals surface area contributed by atoms with E-state index < -0.39 is 0 Å². The van der Waals surface area contributed by atoms with Gasteiger partial charge in [0.1, 0.15) is 12.7 Å². The number of carbonyl (C=O) groups excluding carboxylic acids is 1. The van der Waals surface area contributed by atoms with Crippen molar-refractivity contribution in [2.45, 2.75) is 39.0 Å². The number of unbranched alkanes of at least 4 members (excludes halogenated alkanes) is 3.